The smallest absolute Gasteiger partial charge is 0.225 e. The summed E-state index contributed by atoms with van der Waals surface area (Å²) in [5.41, 5.74) is 2.09. The minimum Gasteiger partial charge on any atom is -0.356 e. The van der Waals surface area contributed by atoms with Crippen LogP contribution in [0.5, 0.6) is 0 Å². The highest BCUT2D eigenvalue weighted by molar-refractivity contribution is 5.64. The van der Waals surface area contributed by atoms with E-state index in [-0.39, 0.29) is 0 Å². The van der Waals surface area contributed by atoms with Gasteiger partial charge in [-0.15, -0.1) is 0 Å². The van der Waals surface area contributed by atoms with Crippen LogP contribution in [0.3, 0.4) is 0 Å². The highest BCUT2D eigenvalue weighted by atomic mass is 15.2. The monoisotopic (exact) mass is 312 g/mol. The zero-order chi connectivity index (χ0) is 16.7. The van der Waals surface area contributed by atoms with Crippen LogP contribution in [0.1, 0.15) is 40.5 Å². The van der Waals surface area contributed by atoms with Gasteiger partial charge < -0.3 is 10.2 Å². The van der Waals surface area contributed by atoms with Crippen molar-refractivity contribution in [2.75, 3.05) is 23.3 Å². The van der Waals surface area contributed by atoms with E-state index in [0.29, 0.717) is 12.0 Å². The Hall–Kier alpha value is -2.10. The van der Waals surface area contributed by atoms with Crippen molar-refractivity contribution in [2.24, 2.45) is 0 Å². The fraction of sp³-hybridized carbons (Fsp3) is 0.474. The zero-order valence-corrected chi connectivity index (χ0v) is 14.7. The second-order valence-electron chi connectivity index (χ2n) is 6.09. The van der Waals surface area contributed by atoms with E-state index < -0.39 is 0 Å². The molecule has 124 valence electrons. The average Bonchev–Trinajstić information content (AvgIpc) is 2.54. The molecule has 0 unspecified atom stereocenters. The second-order valence-corrected chi connectivity index (χ2v) is 6.09. The molecular weight excluding hydrogens is 284 g/mol. The van der Waals surface area contributed by atoms with E-state index in [1.54, 1.807) is 0 Å². The molecule has 0 radical (unpaired) electrons. The van der Waals surface area contributed by atoms with E-state index >= 15 is 0 Å². The normalized spacial score (nSPS) is 10.8. The lowest BCUT2D eigenvalue weighted by atomic mass is 10.1. The van der Waals surface area contributed by atoms with Gasteiger partial charge in [0.05, 0.1) is 5.69 Å². The third kappa shape index (κ3) is 4.95. The number of hydrogen-bond donors (Lipinski definition) is 1. The lowest BCUT2D eigenvalue weighted by molar-refractivity contribution is 0.732. The largest absolute Gasteiger partial charge is 0.356 e. The summed E-state index contributed by atoms with van der Waals surface area (Å²) in [4.78, 5) is 11.8. The second kappa shape index (κ2) is 8.51. The molecule has 0 aliphatic heterocycles. The van der Waals surface area contributed by atoms with Gasteiger partial charge in [-0.3, -0.25) is 0 Å². The van der Waals surface area contributed by atoms with Gasteiger partial charge in [0.25, 0.3) is 0 Å². The maximum atomic E-state index is 4.74. The Morgan fingerprint density at radius 1 is 1.00 bits per heavy atom. The van der Waals surface area contributed by atoms with Gasteiger partial charge in [-0.25, -0.2) is 4.98 Å². The molecule has 0 bridgehead atoms. The molecule has 4 heteroatoms. The molecule has 1 heterocycles. The summed E-state index contributed by atoms with van der Waals surface area (Å²) in [5.74, 6) is 1.71. The highest BCUT2D eigenvalue weighted by Gasteiger charge is 2.12. The Bertz CT molecular complexity index is 590. The molecule has 0 aliphatic carbocycles. The molecule has 0 saturated carbocycles. The van der Waals surface area contributed by atoms with Crippen LogP contribution in [0.4, 0.5) is 11.8 Å². The first-order chi connectivity index (χ1) is 11.1. The van der Waals surface area contributed by atoms with Gasteiger partial charge in [-0.05, 0) is 26.7 Å². The maximum absolute atomic E-state index is 4.74. The maximum Gasteiger partial charge on any atom is 0.225 e. The number of benzene rings is 1. The van der Waals surface area contributed by atoms with Crippen LogP contribution in [-0.4, -0.2) is 29.1 Å². The van der Waals surface area contributed by atoms with Gasteiger partial charge in [-0.2, -0.15) is 4.98 Å². The van der Waals surface area contributed by atoms with E-state index in [1.165, 1.54) is 0 Å². The number of rotatable bonds is 8. The summed E-state index contributed by atoms with van der Waals surface area (Å²) in [6.45, 7) is 10.6. The molecule has 0 aliphatic rings. The Morgan fingerprint density at radius 2 is 1.65 bits per heavy atom. The van der Waals surface area contributed by atoms with E-state index in [1.807, 2.05) is 18.2 Å². The quantitative estimate of drug-likeness (QED) is 0.774. The minimum atomic E-state index is 0.305. The molecule has 0 spiro atoms. The Balaban J connectivity index is 2.44. The predicted octanol–water partition coefficient (Wildman–Crippen LogP) is 4.59. The molecular formula is C19H28N4. The molecule has 23 heavy (non-hydrogen) atoms. The summed E-state index contributed by atoms with van der Waals surface area (Å²) in [5, 5.41) is 3.35. The van der Waals surface area contributed by atoms with E-state index in [4.69, 9.17) is 9.97 Å². The molecule has 2 rings (SSSR count). The topological polar surface area (TPSA) is 41.1 Å². The van der Waals surface area contributed by atoms with Crippen molar-refractivity contribution in [3.05, 3.63) is 36.4 Å². The van der Waals surface area contributed by atoms with Gasteiger partial charge in [0.15, 0.2) is 0 Å². The number of nitrogens with zero attached hydrogens (tertiary/aromatic N) is 3. The van der Waals surface area contributed by atoms with Crippen LogP contribution in [0.2, 0.25) is 0 Å². The molecule has 1 aromatic carbocycles. The van der Waals surface area contributed by atoms with Gasteiger partial charge in [0, 0.05) is 30.8 Å². The van der Waals surface area contributed by atoms with Crippen LogP contribution < -0.4 is 10.2 Å². The molecule has 2 aromatic rings. The number of aromatic nitrogens is 2. The van der Waals surface area contributed by atoms with Crippen LogP contribution in [0, 0.1) is 0 Å². The molecule has 0 atom stereocenters. The summed E-state index contributed by atoms with van der Waals surface area (Å²) in [7, 11) is 0. The van der Waals surface area contributed by atoms with E-state index in [0.717, 1.165) is 43.0 Å². The summed E-state index contributed by atoms with van der Waals surface area (Å²) in [6.07, 6.45) is 2.22. The van der Waals surface area contributed by atoms with Crippen LogP contribution in [0.25, 0.3) is 11.3 Å². The number of anilines is 2. The lowest BCUT2D eigenvalue weighted by Gasteiger charge is -2.24. The molecule has 0 amide bonds. The van der Waals surface area contributed by atoms with Crippen LogP contribution in [0.15, 0.2) is 36.4 Å². The van der Waals surface area contributed by atoms with Gasteiger partial charge in [0.1, 0.15) is 5.82 Å². The highest BCUT2D eigenvalue weighted by Crippen LogP contribution is 2.24. The first kappa shape index (κ1) is 17.3. The van der Waals surface area contributed by atoms with E-state index in [2.05, 4.69) is 56.1 Å². The van der Waals surface area contributed by atoms with Crippen molar-refractivity contribution in [3.63, 3.8) is 0 Å². The SMILES string of the molecule is CCCN(CCC)c1cc(-c2ccccc2)nc(NC(C)C)n1. The van der Waals surface area contributed by atoms with Crippen molar-refractivity contribution in [2.45, 2.75) is 46.6 Å². The third-order valence-corrected chi connectivity index (χ3v) is 3.51. The van der Waals surface area contributed by atoms with Crippen molar-refractivity contribution >= 4 is 11.8 Å². The zero-order valence-electron chi connectivity index (χ0n) is 14.7. The average molecular weight is 312 g/mol. The van der Waals surface area contributed by atoms with Gasteiger partial charge in [0.2, 0.25) is 5.95 Å². The summed E-state index contributed by atoms with van der Waals surface area (Å²) in [6, 6.07) is 12.7. The van der Waals surface area contributed by atoms with Crippen molar-refractivity contribution in [3.8, 4) is 11.3 Å². The van der Waals surface area contributed by atoms with Crippen LogP contribution >= 0.6 is 0 Å². The Morgan fingerprint density at radius 3 is 2.22 bits per heavy atom. The van der Waals surface area contributed by atoms with E-state index in [9.17, 15) is 0 Å². The fourth-order valence-corrected chi connectivity index (χ4v) is 2.56. The fourth-order valence-electron chi connectivity index (χ4n) is 2.56. The minimum absolute atomic E-state index is 0.305. The number of hydrogen-bond acceptors (Lipinski definition) is 4. The molecule has 1 aromatic heterocycles. The summed E-state index contributed by atoms with van der Waals surface area (Å²) < 4.78 is 0. The standard InChI is InChI=1S/C19H28N4/c1-5-12-23(13-6-2)18-14-17(16-10-8-7-9-11-16)21-19(22-18)20-15(3)4/h7-11,14-15H,5-6,12-13H2,1-4H3,(H,20,21,22). The first-order valence-corrected chi connectivity index (χ1v) is 8.60. The molecule has 0 saturated heterocycles. The lowest BCUT2D eigenvalue weighted by Crippen LogP contribution is -2.26. The number of nitrogens with one attached hydrogen (secondary N) is 1. The molecule has 1 N–H and O–H groups in total. The first-order valence-electron chi connectivity index (χ1n) is 8.60. The Labute approximate surface area is 140 Å². The van der Waals surface area contributed by atoms with Crippen molar-refractivity contribution < 1.29 is 0 Å². The predicted molar refractivity (Wildman–Crippen MR) is 99.0 cm³/mol. The molecule has 4 nitrogen and oxygen atoms in total. The van der Waals surface area contributed by atoms with Crippen molar-refractivity contribution in [1.82, 2.24) is 9.97 Å². The van der Waals surface area contributed by atoms with Crippen molar-refractivity contribution in [1.29, 1.82) is 0 Å². The Kier molecular flexibility index (Phi) is 6.39. The van der Waals surface area contributed by atoms with Gasteiger partial charge >= 0.3 is 0 Å². The van der Waals surface area contributed by atoms with Crippen LogP contribution in [-0.2, 0) is 0 Å². The molecule has 0 fully saturated rings. The summed E-state index contributed by atoms with van der Waals surface area (Å²) >= 11 is 0. The van der Waals surface area contributed by atoms with Gasteiger partial charge in [-0.1, -0.05) is 44.2 Å². The third-order valence-electron chi connectivity index (χ3n) is 3.51.